The molecule has 35 heavy (non-hydrogen) atoms. The number of unbranched alkanes of at least 4 members (excludes halogenated alkanes) is 8. The summed E-state index contributed by atoms with van der Waals surface area (Å²) in [4.78, 5) is 4.52. The number of halogens is 3. The number of hydrogen-bond acceptors (Lipinski definition) is 4. The Labute approximate surface area is 206 Å². The zero-order chi connectivity index (χ0) is 24.9. The summed E-state index contributed by atoms with van der Waals surface area (Å²) in [6, 6.07) is 13.2. The van der Waals surface area contributed by atoms with Crippen molar-refractivity contribution in [3.8, 4) is 11.5 Å². The van der Waals surface area contributed by atoms with E-state index in [1.54, 1.807) is 6.07 Å². The average molecular weight is 488 g/mol. The number of aryl methyl sites for hydroxylation is 1. The van der Waals surface area contributed by atoms with Crippen LogP contribution < -0.4 is 5.32 Å². The van der Waals surface area contributed by atoms with Crippen molar-refractivity contribution >= 4 is 0 Å². The van der Waals surface area contributed by atoms with Gasteiger partial charge >= 0.3 is 6.18 Å². The number of nitrogens with zero attached hydrogens (tertiary/aromatic N) is 2. The second-order valence-electron chi connectivity index (χ2n) is 9.09. The summed E-state index contributed by atoms with van der Waals surface area (Å²) >= 11 is 0. The molecule has 3 rings (SSSR count). The number of rotatable bonds is 15. The lowest BCUT2D eigenvalue weighted by Gasteiger charge is -2.09. The number of nitrogens with one attached hydrogen (secondary N) is 1. The summed E-state index contributed by atoms with van der Waals surface area (Å²) in [6.45, 7) is 3.15. The van der Waals surface area contributed by atoms with E-state index in [2.05, 4.69) is 22.4 Å². The Kier molecular flexibility index (Phi) is 10.8. The summed E-state index contributed by atoms with van der Waals surface area (Å²) in [7, 11) is 0. The van der Waals surface area contributed by atoms with Crippen LogP contribution in [0.1, 0.15) is 87.2 Å². The van der Waals surface area contributed by atoms with Gasteiger partial charge < -0.3 is 9.84 Å². The van der Waals surface area contributed by atoms with Crippen LogP contribution in [0.15, 0.2) is 53.1 Å². The Bertz CT molecular complexity index is 999. The van der Waals surface area contributed by atoms with Crippen LogP contribution >= 0.6 is 0 Å². The second kappa shape index (κ2) is 14.0. The van der Waals surface area contributed by atoms with Gasteiger partial charge in [0, 0.05) is 25.1 Å². The van der Waals surface area contributed by atoms with Crippen molar-refractivity contribution < 1.29 is 17.7 Å². The molecule has 0 bridgehead atoms. The molecule has 1 N–H and O–H groups in total. The molecule has 1 heterocycles. The molecule has 0 atom stereocenters. The Morgan fingerprint density at radius 2 is 1.46 bits per heavy atom. The van der Waals surface area contributed by atoms with Gasteiger partial charge in [0.1, 0.15) is 0 Å². The van der Waals surface area contributed by atoms with Gasteiger partial charge in [0.15, 0.2) is 5.82 Å². The maximum absolute atomic E-state index is 12.8. The summed E-state index contributed by atoms with van der Waals surface area (Å²) in [5.41, 5.74) is 1.85. The van der Waals surface area contributed by atoms with Crippen LogP contribution in [0.5, 0.6) is 0 Å². The lowest BCUT2D eigenvalue weighted by Crippen LogP contribution is -2.13. The smallest absolute Gasteiger partial charge is 0.334 e. The van der Waals surface area contributed by atoms with E-state index in [0.29, 0.717) is 24.5 Å². The second-order valence-corrected chi connectivity index (χ2v) is 9.09. The van der Waals surface area contributed by atoms with Crippen LogP contribution in [0.25, 0.3) is 11.5 Å². The third-order valence-corrected chi connectivity index (χ3v) is 6.09. The summed E-state index contributed by atoms with van der Waals surface area (Å²) in [5, 5.41) is 7.30. The summed E-state index contributed by atoms with van der Waals surface area (Å²) < 4.78 is 44.0. The van der Waals surface area contributed by atoms with Crippen molar-refractivity contribution in [2.24, 2.45) is 0 Å². The molecule has 190 valence electrons. The molecule has 4 nitrogen and oxygen atoms in total. The molecule has 0 aliphatic rings. The molecule has 0 aliphatic heterocycles. The molecule has 0 saturated carbocycles. The highest BCUT2D eigenvalue weighted by molar-refractivity contribution is 5.53. The van der Waals surface area contributed by atoms with Crippen LogP contribution in [0.4, 0.5) is 13.2 Å². The van der Waals surface area contributed by atoms with Gasteiger partial charge in [-0.3, -0.25) is 0 Å². The third-order valence-electron chi connectivity index (χ3n) is 6.09. The predicted octanol–water partition coefficient (Wildman–Crippen LogP) is 8.12. The standard InChI is InChI=1S/C28H36F3N3O/c1-2-3-4-5-6-7-8-9-10-14-26-33-27(35-34-26)24-17-15-22(16-18-24)20-32-21-23-12-11-13-25(19-23)28(29,30)31/h11-13,15-19,32H,2-10,14,20-21H2,1H3. The van der Waals surface area contributed by atoms with Gasteiger partial charge in [0.05, 0.1) is 5.56 Å². The van der Waals surface area contributed by atoms with E-state index in [-0.39, 0.29) is 0 Å². The highest BCUT2D eigenvalue weighted by Gasteiger charge is 2.30. The summed E-state index contributed by atoms with van der Waals surface area (Å²) in [6.07, 6.45) is 8.04. The normalized spacial score (nSPS) is 11.8. The van der Waals surface area contributed by atoms with Gasteiger partial charge in [0.25, 0.3) is 5.89 Å². The van der Waals surface area contributed by atoms with Gasteiger partial charge in [-0.2, -0.15) is 18.2 Å². The van der Waals surface area contributed by atoms with Gasteiger partial charge in [-0.25, -0.2) is 0 Å². The molecule has 0 unspecified atom stereocenters. The highest BCUT2D eigenvalue weighted by Crippen LogP contribution is 2.29. The van der Waals surface area contributed by atoms with Crippen LogP contribution in [-0.4, -0.2) is 10.1 Å². The zero-order valence-electron chi connectivity index (χ0n) is 20.5. The minimum atomic E-state index is -4.33. The first-order valence-corrected chi connectivity index (χ1v) is 12.7. The monoisotopic (exact) mass is 487 g/mol. The van der Waals surface area contributed by atoms with Crippen molar-refractivity contribution in [2.75, 3.05) is 0 Å². The molecule has 0 spiro atoms. The van der Waals surface area contributed by atoms with E-state index in [9.17, 15) is 13.2 Å². The Morgan fingerprint density at radius 1 is 0.800 bits per heavy atom. The quantitative estimate of drug-likeness (QED) is 0.220. The van der Waals surface area contributed by atoms with E-state index < -0.39 is 11.7 Å². The van der Waals surface area contributed by atoms with Gasteiger partial charge in [0.2, 0.25) is 0 Å². The van der Waals surface area contributed by atoms with Crippen molar-refractivity contribution in [1.82, 2.24) is 15.5 Å². The first-order chi connectivity index (χ1) is 17.0. The molecule has 2 aromatic carbocycles. The Morgan fingerprint density at radius 3 is 2.14 bits per heavy atom. The molecule has 1 aromatic heterocycles. The predicted molar refractivity (Wildman–Crippen MR) is 133 cm³/mol. The molecular weight excluding hydrogens is 451 g/mol. The fourth-order valence-electron chi connectivity index (χ4n) is 4.04. The number of aromatic nitrogens is 2. The summed E-state index contributed by atoms with van der Waals surface area (Å²) in [5.74, 6) is 1.26. The third kappa shape index (κ3) is 9.48. The van der Waals surface area contributed by atoms with Crippen LogP contribution in [0.3, 0.4) is 0 Å². The fourth-order valence-corrected chi connectivity index (χ4v) is 4.04. The van der Waals surface area contributed by atoms with Crippen molar-refractivity contribution in [1.29, 1.82) is 0 Å². The van der Waals surface area contributed by atoms with Gasteiger partial charge in [-0.1, -0.05) is 93.8 Å². The first-order valence-electron chi connectivity index (χ1n) is 12.7. The SMILES string of the molecule is CCCCCCCCCCCc1noc(-c2ccc(CNCc3cccc(C(F)(F)F)c3)cc2)n1. The van der Waals surface area contributed by atoms with E-state index >= 15 is 0 Å². The van der Waals surface area contributed by atoms with Crippen LogP contribution in [-0.2, 0) is 25.7 Å². The van der Waals surface area contributed by atoms with E-state index in [1.807, 2.05) is 24.3 Å². The molecule has 3 aromatic rings. The van der Waals surface area contributed by atoms with Crippen molar-refractivity contribution in [3.63, 3.8) is 0 Å². The zero-order valence-corrected chi connectivity index (χ0v) is 20.5. The maximum Gasteiger partial charge on any atom is 0.416 e. The van der Waals surface area contributed by atoms with Gasteiger partial charge in [-0.05, 0) is 35.7 Å². The minimum Gasteiger partial charge on any atom is -0.334 e. The van der Waals surface area contributed by atoms with Crippen LogP contribution in [0, 0.1) is 0 Å². The average Bonchev–Trinajstić information content (AvgIpc) is 3.32. The molecule has 0 aliphatic carbocycles. The molecule has 0 amide bonds. The largest absolute Gasteiger partial charge is 0.416 e. The van der Waals surface area contributed by atoms with E-state index in [0.717, 1.165) is 35.9 Å². The fraction of sp³-hybridized carbons (Fsp3) is 0.500. The number of hydrogen-bond donors (Lipinski definition) is 1. The minimum absolute atomic E-state index is 0.359. The van der Waals surface area contributed by atoms with Gasteiger partial charge in [-0.15, -0.1) is 0 Å². The van der Waals surface area contributed by atoms with Crippen LogP contribution in [0.2, 0.25) is 0 Å². The topological polar surface area (TPSA) is 51.0 Å². The lowest BCUT2D eigenvalue weighted by molar-refractivity contribution is -0.137. The highest BCUT2D eigenvalue weighted by atomic mass is 19.4. The van der Waals surface area contributed by atoms with Crippen molar-refractivity contribution in [3.05, 3.63) is 71.0 Å². The van der Waals surface area contributed by atoms with E-state index in [1.165, 1.54) is 63.5 Å². The molecular formula is C28H36F3N3O. The lowest BCUT2D eigenvalue weighted by atomic mass is 10.1. The Hall–Kier alpha value is -2.67. The molecule has 0 fully saturated rings. The first kappa shape index (κ1) is 26.9. The Balaban J connectivity index is 1.37. The number of alkyl halides is 3. The van der Waals surface area contributed by atoms with Crippen molar-refractivity contribution in [2.45, 2.75) is 90.4 Å². The molecule has 7 heteroatoms. The maximum atomic E-state index is 12.8. The molecule has 0 radical (unpaired) electrons. The number of benzene rings is 2. The van der Waals surface area contributed by atoms with E-state index in [4.69, 9.17) is 4.52 Å². The molecule has 0 saturated heterocycles.